The summed E-state index contributed by atoms with van der Waals surface area (Å²) in [5.74, 6) is -0.421. The molecule has 0 saturated carbocycles. The number of thiocarbonyl (C=S) groups is 1. The van der Waals surface area contributed by atoms with Crippen molar-refractivity contribution in [2.45, 2.75) is 13.0 Å². The quantitative estimate of drug-likeness (QED) is 0.398. The van der Waals surface area contributed by atoms with Gasteiger partial charge in [0.1, 0.15) is 0 Å². The maximum Gasteiger partial charge on any atom is 0.253 e. The average molecular weight is 468 g/mol. The van der Waals surface area contributed by atoms with Crippen LogP contribution in [0.2, 0.25) is 0 Å². The van der Waals surface area contributed by atoms with E-state index in [0.717, 1.165) is 21.9 Å². The van der Waals surface area contributed by atoms with Crippen molar-refractivity contribution in [2.75, 3.05) is 11.9 Å². The van der Waals surface area contributed by atoms with Crippen LogP contribution < -0.4 is 15.5 Å². The Balaban J connectivity index is 1.43. The number of hydrogen-bond donors (Lipinski definition) is 2. The number of fused-ring (bicyclic) bond motifs is 1. The van der Waals surface area contributed by atoms with Gasteiger partial charge in [-0.25, -0.2) is 0 Å². The number of amides is 2. The van der Waals surface area contributed by atoms with E-state index in [1.165, 1.54) is 0 Å². The lowest BCUT2D eigenvalue weighted by Crippen LogP contribution is -2.42. The molecule has 34 heavy (non-hydrogen) atoms. The predicted octanol–water partition coefficient (Wildman–Crippen LogP) is 4.85. The third-order valence-electron chi connectivity index (χ3n) is 5.59. The largest absolute Gasteiger partial charge is 0.348 e. The summed E-state index contributed by atoms with van der Waals surface area (Å²) in [4.78, 5) is 27.3. The van der Waals surface area contributed by atoms with Crippen LogP contribution in [0.1, 0.15) is 21.5 Å². The number of para-hydroxylation sites is 1. The van der Waals surface area contributed by atoms with Crippen LogP contribution in [-0.4, -0.2) is 24.0 Å². The Morgan fingerprint density at radius 2 is 1.50 bits per heavy atom. The van der Waals surface area contributed by atoms with Crippen molar-refractivity contribution in [3.05, 3.63) is 114 Å². The van der Waals surface area contributed by atoms with Crippen LogP contribution in [0.4, 0.5) is 5.69 Å². The first-order chi connectivity index (χ1) is 16.5. The zero-order valence-electron chi connectivity index (χ0n) is 18.8. The van der Waals surface area contributed by atoms with E-state index in [2.05, 4.69) is 10.6 Å². The van der Waals surface area contributed by atoms with Crippen molar-refractivity contribution in [3.63, 3.8) is 0 Å². The van der Waals surface area contributed by atoms with Crippen LogP contribution in [0, 0.1) is 0 Å². The second kappa shape index (κ2) is 10.7. The van der Waals surface area contributed by atoms with Gasteiger partial charge in [0.2, 0.25) is 5.91 Å². The average Bonchev–Trinajstić information content (AvgIpc) is 2.87. The highest BCUT2D eigenvalue weighted by Crippen LogP contribution is 2.21. The monoisotopic (exact) mass is 467 g/mol. The van der Waals surface area contributed by atoms with Crippen molar-refractivity contribution in [1.82, 2.24) is 10.6 Å². The van der Waals surface area contributed by atoms with Crippen LogP contribution in [-0.2, 0) is 17.8 Å². The first-order valence-corrected chi connectivity index (χ1v) is 11.4. The number of hydrogen-bond acceptors (Lipinski definition) is 3. The molecule has 170 valence electrons. The fraction of sp³-hybridized carbons (Fsp3) is 0.107. The molecule has 0 aliphatic carbocycles. The molecule has 0 radical (unpaired) electrons. The molecule has 2 N–H and O–H groups in total. The lowest BCUT2D eigenvalue weighted by molar-refractivity contribution is -0.119. The van der Waals surface area contributed by atoms with Gasteiger partial charge >= 0.3 is 0 Å². The fourth-order valence-corrected chi connectivity index (χ4v) is 4.02. The topological polar surface area (TPSA) is 61.4 Å². The van der Waals surface area contributed by atoms with E-state index in [4.69, 9.17) is 12.2 Å². The number of nitrogens with zero attached hydrogens (tertiary/aromatic N) is 1. The van der Waals surface area contributed by atoms with E-state index in [0.29, 0.717) is 17.8 Å². The van der Waals surface area contributed by atoms with Gasteiger partial charge in [-0.1, -0.05) is 84.9 Å². The van der Waals surface area contributed by atoms with Gasteiger partial charge < -0.3 is 15.5 Å². The smallest absolute Gasteiger partial charge is 0.253 e. The SMILES string of the molecule is CN(C(=S)NC(=O)Cc1cccc2ccccc12)c1ccccc1C(=O)NCc1ccccc1. The van der Waals surface area contributed by atoms with Crippen LogP contribution >= 0.6 is 12.2 Å². The second-order valence-electron chi connectivity index (χ2n) is 7.91. The summed E-state index contributed by atoms with van der Waals surface area (Å²) in [5, 5.41) is 8.10. The first kappa shape index (κ1) is 23.1. The Labute approximate surface area is 204 Å². The van der Waals surface area contributed by atoms with Crippen LogP contribution in [0.25, 0.3) is 10.8 Å². The zero-order valence-corrected chi connectivity index (χ0v) is 19.6. The number of benzene rings is 4. The Kier molecular flexibility index (Phi) is 7.30. The molecule has 0 bridgehead atoms. The lowest BCUT2D eigenvalue weighted by Gasteiger charge is -2.23. The number of rotatable bonds is 6. The van der Waals surface area contributed by atoms with Gasteiger partial charge in [-0.2, -0.15) is 0 Å². The highest BCUT2D eigenvalue weighted by atomic mass is 32.1. The molecule has 2 amide bonds. The van der Waals surface area contributed by atoms with Gasteiger partial charge in [-0.3, -0.25) is 9.59 Å². The molecule has 0 spiro atoms. The summed E-state index contributed by atoms with van der Waals surface area (Å²) >= 11 is 5.50. The van der Waals surface area contributed by atoms with Gasteiger partial charge in [0, 0.05) is 13.6 Å². The molecule has 4 rings (SSSR count). The fourth-order valence-electron chi connectivity index (χ4n) is 3.81. The number of anilines is 1. The minimum Gasteiger partial charge on any atom is -0.348 e. The molecular formula is C28H25N3O2S. The summed E-state index contributed by atoms with van der Waals surface area (Å²) < 4.78 is 0. The maximum atomic E-state index is 12.9. The van der Waals surface area contributed by atoms with Gasteiger partial charge in [-0.15, -0.1) is 0 Å². The molecule has 4 aromatic carbocycles. The molecule has 0 heterocycles. The third-order valence-corrected chi connectivity index (χ3v) is 5.96. The van der Waals surface area contributed by atoms with Crippen molar-refractivity contribution in [3.8, 4) is 0 Å². The van der Waals surface area contributed by atoms with E-state index < -0.39 is 0 Å². The molecule has 4 aromatic rings. The zero-order chi connectivity index (χ0) is 23.9. The number of carbonyl (C=O) groups is 2. The summed E-state index contributed by atoms with van der Waals surface area (Å²) in [6.45, 7) is 0.421. The predicted molar refractivity (Wildman–Crippen MR) is 141 cm³/mol. The summed E-state index contributed by atoms with van der Waals surface area (Å²) in [6.07, 6.45) is 0.203. The molecule has 0 atom stereocenters. The van der Waals surface area contributed by atoms with Gasteiger partial charge in [-0.05, 0) is 46.2 Å². The van der Waals surface area contributed by atoms with Crippen molar-refractivity contribution < 1.29 is 9.59 Å². The number of carbonyl (C=O) groups excluding carboxylic acids is 2. The molecule has 0 fully saturated rings. The molecule has 0 aliphatic rings. The minimum atomic E-state index is -0.212. The molecule has 0 unspecified atom stereocenters. The van der Waals surface area contributed by atoms with Crippen LogP contribution in [0.15, 0.2) is 97.1 Å². The van der Waals surface area contributed by atoms with E-state index in [-0.39, 0.29) is 23.3 Å². The third kappa shape index (κ3) is 5.47. The Morgan fingerprint density at radius 1 is 0.824 bits per heavy atom. The summed E-state index contributed by atoms with van der Waals surface area (Å²) in [7, 11) is 1.74. The van der Waals surface area contributed by atoms with E-state index >= 15 is 0 Å². The second-order valence-corrected chi connectivity index (χ2v) is 8.30. The van der Waals surface area contributed by atoms with Crippen molar-refractivity contribution in [2.24, 2.45) is 0 Å². The van der Waals surface area contributed by atoms with E-state index in [1.54, 1.807) is 30.1 Å². The molecule has 0 saturated heterocycles. The normalized spacial score (nSPS) is 10.5. The lowest BCUT2D eigenvalue weighted by atomic mass is 10.0. The highest BCUT2D eigenvalue weighted by molar-refractivity contribution is 7.80. The summed E-state index contributed by atoms with van der Waals surface area (Å²) in [6, 6.07) is 30.8. The first-order valence-electron chi connectivity index (χ1n) is 11.0. The Hall–Kier alpha value is -4.03. The highest BCUT2D eigenvalue weighted by Gasteiger charge is 2.18. The van der Waals surface area contributed by atoms with Gasteiger partial charge in [0.05, 0.1) is 17.7 Å². The Morgan fingerprint density at radius 3 is 2.32 bits per heavy atom. The van der Waals surface area contributed by atoms with E-state index in [1.807, 2.05) is 78.9 Å². The molecule has 6 heteroatoms. The molecular weight excluding hydrogens is 442 g/mol. The van der Waals surface area contributed by atoms with Crippen molar-refractivity contribution >= 4 is 45.6 Å². The van der Waals surface area contributed by atoms with Gasteiger partial charge in [0.15, 0.2) is 5.11 Å². The maximum absolute atomic E-state index is 12.9. The van der Waals surface area contributed by atoms with Crippen molar-refractivity contribution in [1.29, 1.82) is 0 Å². The van der Waals surface area contributed by atoms with Gasteiger partial charge in [0.25, 0.3) is 5.91 Å². The molecule has 5 nitrogen and oxygen atoms in total. The number of nitrogens with one attached hydrogen (secondary N) is 2. The van der Waals surface area contributed by atoms with E-state index in [9.17, 15) is 9.59 Å². The van der Waals surface area contributed by atoms with Crippen LogP contribution in [0.5, 0.6) is 0 Å². The standard InChI is InChI=1S/C28H25N3O2S/c1-31(25-17-8-7-16-24(25)27(33)29-19-20-10-3-2-4-11-20)28(34)30-26(32)18-22-14-9-13-21-12-5-6-15-23(21)22/h2-17H,18-19H2,1H3,(H,29,33)(H,30,32,34). The molecule has 0 aliphatic heterocycles. The molecule has 0 aromatic heterocycles. The Bertz CT molecular complexity index is 1330. The summed E-state index contributed by atoms with van der Waals surface area (Å²) in [5.41, 5.74) is 3.04. The van der Waals surface area contributed by atoms with Crippen LogP contribution in [0.3, 0.4) is 0 Å². The minimum absolute atomic E-state index is 0.203.